The molecule has 1 heterocycles. The largest absolute Gasteiger partial charge is 0.444 e. The molecule has 2 N–H and O–H groups in total. The molecule has 27 heavy (non-hydrogen) atoms. The number of hydrogen-bond acceptors (Lipinski definition) is 4. The number of benzene rings is 1. The van der Waals surface area contributed by atoms with Gasteiger partial charge in [0.05, 0.1) is 5.54 Å². The smallest absolute Gasteiger partial charge is 0.407 e. The first-order valence-corrected chi connectivity index (χ1v) is 9.33. The molecule has 0 unspecified atom stereocenters. The van der Waals surface area contributed by atoms with E-state index in [-0.39, 0.29) is 12.5 Å². The molecule has 0 aliphatic rings. The van der Waals surface area contributed by atoms with Crippen molar-refractivity contribution in [2.45, 2.75) is 58.6 Å². The Morgan fingerprint density at radius 1 is 1.07 bits per heavy atom. The number of amides is 2. The van der Waals surface area contributed by atoms with Crippen molar-refractivity contribution >= 4 is 22.8 Å². The zero-order valence-electron chi connectivity index (χ0n) is 16.8. The predicted octanol–water partition coefficient (Wildman–Crippen LogP) is 4.05. The number of fused-ring (bicyclic) bond motifs is 1. The standard InChI is InChI=1S/C21H29N3O3/c1-6-21(7-2,14-23-19(26)27-20(3,4)5)24-18(25)17-16-11-9-8-10-15(16)12-13-22-17/h8-13H,6-7,14H2,1-5H3,(H,23,26)(H,24,25). The lowest BCUT2D eigenvalue weighted by Gasteiger charge is -2.33. The van der Waals surface area contributed by atoms with E-state index in [1.54, 1.807) is 6.20 Å². The van der Waals surface area contributed by atoms with Gasteiger partial charge in [0.2, 0.25) is 0 Å². The average molecular weight is 371 g/mol. The van der Waals surface area contributed by atoms with Crippen molar-refractivity contribution < 1.29 is 14.3 Å². The van der Waals surface area contributed by atoms with Gasteiger partial charge in [-0.25, -0.2) is 4.79 Å². The Kier molecular flexibility index (Phi) is 6.41. The van der Waals surface area contributed by atoms with Crippen LogP contribution in [0.3, 0.4) is 0 Å². The number of carbonyl (C=O) groups is 2. The van der Waals surface area contributed by atoms with Crippen LogP contribution in [0.4, 0.5) is 4.79 Å². The third kappa shape index (κ3) is 5.42. The molecule has 0 bridgehead atoms. The Morgan fingerprint density at radius 3 is 2.37 bits per heavy atom. The molecule has 146 valence electrons. The summed E-state index contributed by atoms with van der Waals surface area (Å²) in [7, 11) is 0. The van der Waals surface area contributed by atoms with Crippen molar-refractivity contribution in [3.8, 4) is 0 Å². The van der Waals surface area contributed by atoms with Crippen LogP contribution < -0.4 is 10.6 Å². The summed E-state index contributed by atoms with van der Waals surface area (Å²) >= 11 is 0. The number of ether oxygens (including phenoxy) is 1. The van der Waals surface area contributed by atoms with E-state index in [2.05, 4.69) is 15.6 Å². The molecule has 0 atom stereocenters. The average Bonchev–Trinajstić information content (AvgIpc) is 2.63. The summed E-state index contributed by atoms with van der Waals surface area (Å²) in [5.41, 5.74) is -0.759. The Labute approximate surface area is 160 Å². The van der Waals surface area contributed by atoms with Gasteiger partial charge < -0.3 is 15.4 Å². The highest BCUT2D eigenvalue weighted by atomic mass is 16.6. The minimum absolute atomic E-state index is 0.249. The Bertz CT molecular complexity index is 802. The Balaban J connectivity index is 2.16. The van der Waals surface area contributed by atoms with Crippen molar-refractivity contribution in [2.75, 3.05) is 6.54 Å². The number of carbonyl (C=O) groups excluding carboxylic acids is 2. The topological polar surface area (TPSA) is 80.3 Å². The van der Waals surface area contributed by atoms with E-state index < -0.39 is 17.2 Å². The summed E-state index contributed by atoms with van der Waals surface area (Å²) in [6.45, 7) is 9.69. The number of pyridine rings is 1. The first-order valence-electron chi connectivity index (χ1n) is 9.33. The summed E-state index contributed by atoms with van der Waals surface area (Å²) < 4.78 is 5.29. The molecule has 2 rings (SSSR count). The fraction of sp³-hybridized carbons (Fsp3) is 0.476. The SMILES string of the molecule is CCC(CC)(CNC(=O)OC(C)(C)C)NC(=O)c1nccc2ccccc12. The zero-order chi connectivity index (χ0) is 20.1. The van der Waals surface area contributed by atoms with Crippen molar-refractivity contribution in [2.24, 2.45) is 0 Å². The van der Waals surface area contributed by atoms with Crippen LogP contribution in [0.2, 0.25) is 0 Å². The highest BCUT2D eigenvalue weighted by molar-refractivity contribution is 6.05. The third-order valence-corrected chi connectivity index (χ3v) is 4.59. The second kappa shape index (κ2) is 8.37. The van der Waals surface area contributed by atoms with Gasteiger partial charge in [-0.15, -0.1) is 0 Å². The highest BCUT2D eigenvalue weighted by Crippen LogP contribution is 2.20. The van der Waals surface area contributed by atoms with Gasteiger partial charge in [-0.2, -0.15) is 0 Å². The summed E-state index contributed by atoms with van der Waals surface area (Å²) in [6.07, 6.45) is 2.47. The molecule has 0 radical (unpaired) electrons. The van der Waals surface area contributed by atoms with Gasteiger partial charge in [0.1, 0.15) is 11.3 Å². The van der Waals surface area contributed by atoms with E-state index in [0.29, 0.717) is 18.5 Å². The first kappa shape index (κ1) is 20.7. The van der Waals surface area contributed by atoms with Gasteiger partial charge in [-0.05, 0) is 45.1 Å². The van der Waals surface area contributed by atoms with Crippen LogP contribution in [0.25, 0.3) is 10.8 Å². The fourth-order valence-electron chi connectivity index (χ4n) is 2.88. The minimum Gasteiger partial charge on any atom is -0.444 e. The monoisotopic (exact) mass is 371 g/mol. The summed E-state index contributed by atoms with van der Waals surface area (Å²) in [4.78, 5) is 29.2. The van der Waals surface area contributed by atoms with Crippen molar-refractivity contribution in [3.05, 3.63) is 42.2 Å². The molecule has 0 saturated carbocycles. The minimum atomic E-state index is -0.577. The summed E-state index contributed by atoms with van der Waals surface area (Å²) in [6, 6.07) is 9.53. The number of nitrogens with zero attached hydrogens (tertiary/aromatic N) is 1. The van der Waals surface area contributed by atoms with E-state index in [1.807, 2.05) is 65.0 Å². The molecule has 2 amide bonds. The van der Waals surface area contributed by atoms with Gasteiger partial charge in [0.25, 0.3) is 5.91 Å². The van der Waals surface area contributed by atoms with Crippen LogP contribution in [0.15, 0.2) is 36.5 Å². The first-order chi connectivity index (χ1) is 12.7. The van der Waals surface area contributed by atoms with Crippen LogP contribution in [0.5, 0.6) is 0 Å². The van der Waals surface area contributed by atoms with E-state index in [1.165, 1.54) is 0 Å². The van der Waals surface area contributed by atoms with Gasteiger partial charge in [0.15, 0.2) is 0 Å². The molecule has 0 aliphatic heterocycles. The van der Waals surface area contributed by atoms with Crippen LogP contribution in [0, 0.1) is 0 Å². The number of hydrogen-bond donors (Lipinski definition) is 2. The highest BCUT2D eigenvalue weighted by Gasteiger charge is 2.30. The number of rotatable bonds is 6. The molecule has 0 spiro atoms. The second-order valence-corrected chi connectivity index (χ2v) is 7.68. The van der Waals surface area contributed by atoms with Crippen LogP contribution in [0.1, 0.15) is 57.9 Å². The molecule has 1 aromatic heterocycles. The van der Waals surface area contributed by atoms with Crippen LogP contribution >= 0.6 is 0 Å². The van der Waals surface area contributed by atoms with E-state index >= 15 is 0 Å². The second-order valence-electron chi connectivity index (χ2n) is 7.68. The molecular formula is C21H29N3O3. The van der Waals surface area contributed by atoms with Crippen LogP contribution in [-0.4, -0.2) is 34.7 Å². The van der Waals surface area contributed by atoms with Gasteiger partial charge in [0, 0.05) is 18.1 Å². The summed E-state index contributed by atoms with van der Waals surface area (Å²) in [5.74, 6) is -0.249. The lowest BCUT2D eigenvalue weighted by molar-refractivity contribution is 0.0501. The molecule has 0 aliphatic carbocycles. The number of nitrogens with one attached hydrogen (secondary N) is 2. The maximum Gasteiger partial charge on any atom is 0.407 e. The molecule has 6 heteroatoms. The zero-order valence-corrected chi connectivity index (χ0v) is 16.8. The maximum atomic E-state index is 12.9. The quantitative estimate of drug-likeness (QED) is 0.803. The molecule has 0 fully saturated rings. The van der Waals surface area contributed by atoms with Gasteiger partial charge in [-0.3, -0.25) is 9.78 Å². The molecule has 6 nitrogen and oxygen atoms in total. The van der Waals surface area contributed by atoms with Crippen molar-refractivity contribution in [1.29, 1.82) is 0 Å². The third-order valence-electron chi connectivity index (χ3n) is 4.59. The lowest BCUT2D eigenvalue weighted by atomic mass is 9.92. The van der Waals surface area contributed by atoms with E-state index in [4.69, 9.17) is 4.74 Å². The molecule has 0 saturated heterocycles. The van der Waals surface area contributed by atoms with Crippen LogP contribution in [-0.2, 0) is 4.74 Å². The van der Waals surface area contributed by atoms with Crippen molar-refractivity contribution in [3.63, 3.8) is 0 Å². The molecular weight excluding hydrogens is 342 g/mol. The number of aromatic nitrogens is 1. The van der Waals surface area contributed by atoms with Gasteiger partial charge in [-0.1, -0.05) is 38.1 Å². The number of alkyl carbamates (subject to hydrolysis) is 1. The summed E-state index contributed by atoms with van der Waals surface area (Å²) in [5, 5.41) is 7.63. The Hall–Kier alpha value is -2.63. The molecule has 2 aromatic rings. The van der Waals surface area contributed by atoms with Crippen molar-refractivity contribution in [1.82, 2.24) is 15.6 Å². The van der Waals surface area contributed by atoms with E-state index in [9.17, 15) is 9.59 Å². The maximum absolute atomic E-state index is 12.9. The normalized spacial score (nSPS) is 11.9. The fourth-order valence-corrected chi connectivity index (χ4v) is 2.88. The lowest BCUT2D eigenvalue weighted by Crippen LogP contribution is -2.55. The van der Waals surface area contributed by atoms with E-state index in [0.717, 1.165) is 10.8 Å². The van der Waals surface area contributed by atoms with Gasteiger partial charge >= 0.3 is 6.09 Å². The predicted molar refractivity (Wildman–Crippen MR) is 107 cm³/mol. The Morgan fingerprint density at radius 2 is 1.74 bits per heavy atom. The molecule has 1 aromatic carbocycles.